The number of hydrogen-bond donors (Lipinski definition) is 0. The van der Waals surface area contributed by atoms with Gasteiger partial charge in [0.15, 0.2) is 0 Å². The molecule has 0 N–H and O–H groups in total. The first kappa shape index (κ1) is 18.1. The van der Waals surface area contributed by atoms with Crippen molar-refractivity contribution in [1.82, 2.24) is 0 Å². The maximum Gasteiger partial charge on any atom is 0.305 e. The third kappa shape index (κ3) is 12.5. The highest BCUT2D eigenvalue weighted by molar-refractivity contribution is 5.70. The Balaban J connectivity index is 3.44. The zero-order valence-corrected chi connectivity index (χ0v) is 12.3. The molecule has 4 nitrogen and oxygen atoms in total. The Bertz CT molecular complexity index is 364. The monoisotopic (exact) mass is 278 g/mol. The molecule has 0 rings (SSSR count). The predicted molar refractivity (Wildman–Crippen MR) is 76.5 cm³/mol. The molecule has 0 aromatic carbocycles. The smallest absolute Gasteiger partial charge is 0.305 e. The lowest BCUT2D eigenvalue weighted by atomic mass is 10.2. The van der Waals surface area contributed by atoms with Crippen molar-refractivity contribution in [2.45, 2.75) is 52.4 Å². The number of esters is 2. The quantitative estimate of drug-likeness (QED) is 0.369. The van der Waals surface area contributed by atoms with Crippen molar-refractivity contribution in [3.8, 4) is 23.7 Å². The summed E-state index contributed by atoms with van der Waals surface area (Å²) in [6.45, 7) is 4.16. The van der Waals surface area contributed by atoms with Crippen LogP contribution >= 0.6 is 0 Å². The average Bonchev–Trinajstić information content (AvgIpc) is 2.44. The molecule has 0 amide bonds. The Kier molecular flexibility index (Phi) is 12.2. The van der Waals surface area contributed by atoms with E-state index in [-0.39, 0.29) is 11.9 Å². The van der Waals surface area contributed by atoms with Crippen LogP contribution in [0, 0.1) is 23.7 Å². The van der Waals surface area contributed by atoms with Gasteiger partial charge in [-0.3, -0.25) is 9.59 Å². The van der Waals surface area contributed by atoms with Crippen LogP contribution < -0.4 is 0 Å². The molecule has 0 radical (unpaired) electrons. The van der Waals surface area contributed by atoms with Gasteiger partial charge in [0, 0.05) is 25.7 Å². The molecule has 0 saturated heterocycles. The van der Waals surface area contributed by atoms with Crippen LogP contribution in [-0.2, 0) is 19.1 Å². The molecule has 0 saturated carbocycles. The lowest BCUT2D eigenvalue weighted by Gasteiger charge is -2.03. The normalized spacial score (nSPS) is 8.70. The van der Waals surface area contributed by atoms with Gasteiger partial charge in [-0.2, -0.15) is 0 Å². The van der Waals surface area contributed by atoms with Crippen LogP contribution in [0.4, 0.5) is 0 Å². The van der Waals surface area contributed by atoms with E-state index in [9.17, 15) is 9.59 Å². The summed E-state index contributed by atoms with van der Waals surface area (Å²) in [5, 5.41) is 0. The van der Waals surface area contributed by atoms with Crippen molar-refractivity contribution in [3.05, 3.63) is 0 Å². The molecule has 0 aliphatic carbocycles. The fourth-order valence-corrected chi connectivity index (χ4v) is 1.36. The Labute approximate surface area is 121 Å². The zero-order chi connectivity index (χ0) is 15.1. The molecule has 0 aromatic rings. The van der Waals surface area contributed by atoms with Gasteiger partial charge in [0.2, 0.25) is 0 Å². The highest BCUT2D eigenvalue weighted by atomic mass is 16.5. The Morgan fingerprint density at radius 2 is 1.20 bits per heavy atom. The standard InChI is InChI=1S/C16H22O4/c1-3-5-9-13-19-15(17)11-7-8-12-16(18)20-14-10-6-4-2/h7-14H2,1-2H3. The van der Waals surface area contributed by atoms with Crippen LogP contribution in [-0.4, -0.2) is 25.2 Å². The van der Waals surface area contributed by atoms with Crippen molar-refractivity contribution < 1.29 is 19.1 Å². The molecule has 20 heavy (non-hydrogen) atoms. The van der Waals surface area contributed by atoms with Crippen LogP contribution in [0.3, 0.4) is 0 Å². The Morgan fingerprint density at radius 1 is 0.800 bits per heavy atom. The first-order valence-electron chi connectivity index (χ1n) is 6.81. The summed E-state index contributed by atoms with van der Waals surface area (Å²) in [6, 6.07) is 0. The minimum atomic E-state index is -0.241. The van der Waals surface area contributed by atoms with Gasteiger partial charge >= 0.3 is 11.9 Å². The highest BCUT2D eigenvalue weighted by Gasteiger charge is 2.05. The molecule has 0 heterocycles. The second-order valence-corrected chi connectivity index (χ2v) is 4.00. The Hall–Kier alpha value is -1.94. The van der Waals surface area contributed by atoms with Gasteiger partial charge in [-0.25, -0.2) is 0 Å². The van der Waals surface area contributed by atoms with Crippen molar-refractivity contribution >= 4 is 11.9 Å². The molecule has 4 heteroatoms. The van der Waals surface area contributed by atoms with E-state index in [4.69, 9.17) is 9.47 Å². The summed E-state index contributed by atoms with van der Waals surface area (Å²) >= 11 is 0. The average molecular weight is 278 g/mol. The van der Waals surface area contributed by atoms with E-state index in [0.29, 0.717) is 51.7 Å². The molecular formula is C16H22O4. The van der Waals surface area contributed by atoms with Crippen molar-refractivity contribution in [2.24, 2.45) is 0 Å². The van der Waals surface area contributed by atoms with E-state index in [1.54, 1.807) is 13.8 Å². The molecule has 0 aliphatic rings. The van der Waals surface area contributed by atoms with Gasteiger partial charge in [-0.1, -0.05) is 0 Å². The van der Waals surface area contributed by atoms with E-state index < -0.39 is 0 Å². The molecule has 0 unspecified atom stereocenters. The third-order valence-corrected chi connectivity index (χ3v) is 2.35. The van der Waals surface area contributed by atoms with Crippen LogP contribution in [0.2, 0.25) is 0 Å². The van der Waals surface area contributed by atoms with Gasteiger partial charge in [0.25, 0.3) is 0 Å². The first-order valence-corrected chi connectivity index (χ1v) is 6.81. The van der Waals surface area contributed by atoms with Gasteiger partial charge in [0.1, 0.15) is 13.2 Å². The molecule has 0 aromatic heterocycles. The lowest BCUT2D eigenvalue weighted by Crippen LogP contribution is -2.07. The summed E-state index contributed by atoms with van der Waals surface area (Å²) in [5.74, 6) is 10.6. The van der Waals surface area contributed by atoms with Crippen molar-refractivity contribution in [1.29, 1.82) is 0 Å². The molecule has 0 atom stereocenters. The predicted octanol–water partition coefficient (Wildman–Crippen LogP) is 2.46. The van der Waals surface area contributed by atoms with Crippen LogP contribution in [0.5, 0.6) is 0 Å². The SMILES string of the molecule is CC#CCCOC(=O)CCCCC(=O)OCCC#CC. The topological polar surface area (TPSA) is 52.6 Å². The molecule has 0 fully saturated rings. The zero-order valence-electron chi connectivity index (χ0n) is 12.3. The fourth-order valence-electron chi connectivity index (χ4n) is 1.36. The number of ether oxygens (including phenoxy) is 2. The fraction of sp³-hybridized carbons (Fsp3) is 0.625. The van der Waals surface area contributed by atoms with Crippen LogP contribution in [0.25, 0.3) is 0 Å². The maximum absolute atomic E-state index is 11.3. The molecule has 0 aliphatic heterocycles. The molecule has 110 valence electrons. The maximum atomic E-state index is 11.3. The van der Waals surface area contributed by atoms with Crippen LogP contribution in [0.1, 0.15) is 52.4 Å². The number of carbonyl (C=O) groups excluding carboxylic acids is 2. The van der Waals surface area contributed by atoms with Gasteiger partial charge in [-0.05, 0) is 26.7 Å². The van der Waals surface area contributed by atoms with Crippen molar-refractivity contribution in [3.63, 3.8) is 0 Å². The second-order valence-electron chi connectivity index (χ2n) is 4.00. The minimum Gasteiger partial charge on any atom is -0.465 e. The van der Waals surface area contributed by atoms with E-state index >= 15 is 0 Å². The van der Waals surface area contributed by atoms with E-state index in [2.05, 4.69) is 23.7 Å². The number of rotatable bonds is 9. The molecular weight excluding hydrogens is 256 g/mol. The summed E-state index contributed by atoms with van der Waals surface area (Å²) in [7, 11) is 0. The third-order valence-electron chi connectivity index (χ3n) is 2.35. The van der Waals surface area contributed by atoms with Crippen molar-refractivity contribution in [2.75, 3.05) is 13.2 Å². The lowest BCUT2D eigenvalue weighted by molar-refractivity contribution is -0.145. The first-order chi connectivity index (χ1) is 9.70. The molecule has 0 spiro atoms. The van der Waals surface area contributed by atoms with E-state index in [1.807, 2.05) is 0 Å². The summed E-state index contributed by atoms with van der Waals surface area (Å²) in [6.07, 6.45) is 3.04. The minimum absolute atomic E-state index is 0.241. The largest absolute Gasteiger partial charge is 0.465 e. The summed E-state index contributed by atoms with van der Waals surface area (Å²) in [4.78, 5) is 22.6. The number of carbonyl (C=O) groups is 2. The Morgan fingerprint density at radius 3 is 1.55 bits per heavy atom. The number of hydrogen-bond acceptors (Lipinski definition) is 4. The van der Waals surface area contributed by atoms with E-state index in [0.717, 1.165) is 0 Å². The van der Waals surface area contributed by atoms with E-state index in [1.165, 1.54) is 0 Å². The summed E-state index contributed by atoms with van der Waals surface area (Å²) < 4.78 is 9.94. The van der Waals surface area contributed by atoms with Gasteiger partial charge < -0.3 is 9.47 Å². The summed E-state index contributed by atoms with van der Waals surface area (Å²) in [5.41, 5.74) is 0. The van der Waals surface area contributed by atoms with Crippen LogP contribution in [0.15, 0.2) is 0 Å². The highest BCUT2D eigenvalue weighted by Crippen LogP contribution is 2.03. The second kappa shape index (κ2) is 13.5. The number of unbranched alkanes of at least 4 members (excludes halogenated alkanes) is 1. The van der Waals surface area contributed by atoms with Gasteiger partial charge in [-0.15, -0.1) is 23.7 Å². The van der Waals surface area contributed by atoms with Gasteiger partial charge in [0.05, 0.1) is 0 Å². The molecule has 0 bridgehead atoms.